The summed E-state index contributed by atoms with van der Waals surface area (Å²) in [6.45, 7) is 5.79. The molecule has 0 aliphatic carbocycles. The molecule has 0 saturated carbocycles. The van der Waals surface area contributed by atoms with E-state index < -0.39 is 6.10 Å². The van der Waals surface area contributed by atoms with Crippen molar-refractivity contribution in [1.82, 2.24) is 9.80 Å². The Hall–Kier alpha value is -1.63. The van der Waals surface area contributed by atoms with Crippen LogP contribution in [0.15, 0.2) is 24.3 Å². The number of hydrogen-bond acceptors (Lipinski definition) is 6. The third-order valence-electron chi connectivity index (χ3n) is 5.54. The fraction of sp³-hybridized carbons (Fsp3) is 0.667. The van der Waals surface area contributed by atoms with Crippen LogP contribution in [0.2, 0.25) is 0 Å². The summed E-state index contributed by atoms with van der Waals surface area (Å²) in [4.78, 5) is 16.2. The van der Waals surface area contributed by atoms with Gasteiger partial charge in [0.05, 0.1) is 13.0 Å². The van der Waals surface area contributed by atoms with E-state index in [1.807, 2.05) is 12.1 Å². The van der Waals surface area contributed by atoms with E-state index in [1.165, 1.54) is 38.6 Å². The van der Waals surface area contributed by atoms with Crippen LogP contribution >= 0.6 is 0 Å². The van der Waals surface area contributed by atoms with Crippen LogP contribution in [-0.2, 0) is 16.1 Å². The zero-order valence-electron chi connectivity index (χ0n) is 16.3. The van der Waals surface area contributed by atoms with Gasteiger partial charge in [-0.1, -0.05) is 12.1 Å². The van der Waals surface area contributed by atoms with Gasteiger partial charge in [-0.2, -0.15) is 0 Å². The Bertz CT molecular complexity index is 596. The van der Waals surface area contributed by atoms with Crippen LogP contribution in [0.3, 0.4) is 0 Å². The summed E-state index contributed by atoms with van der Waals surface area (Å²) in [6.07, 6.45) is 3.62. The van der Waals surface area contributed by atoms with Crippen LogP contribution < -0.4 is 4.74 Å². The molecule has 0 radical (unpaired) electrons. The Morgan fingerprint density at radius 1 is 1.19 bits per heavy atom. The molecule has 150 valence electrons. The minimum absolute atomic E-state index is 0.00186. The molecule has 3 rings (SSSR count). The zero-order chi connectivity index (χ0) is 19.1. The van der Waals surface area contributed by atoms with Crippen molar-refractivity contribution in [2.24, 2.45) is 5.92 Å². The lowest BCUT2D eigenvalue weighted by atomic mass is 9.97. The van der Waals surface area contributed by atoms with Crippen molar-refractivity contribution in [3.8, 4) is 5.75 Å². The summed E-state index contributed by atoms with van der Waals surface area (Å²) in [6, 6.07) is 8.17. The predicted octanol–water partition coefficient (Wildman–Crippen LogP) is 1.91. The topological polar surface area (TPSA) is 62.2 Å². The number of carbonyl (C=O) groups excluding carboxylic acids is 1. The third kappa shape index (κ3) is 6.19. The number of aliphatic hydroxyl groups is 1. The maximum Gasteiger partial charge on any atom is 0.308 e. The number of hydrogen-bond donors (Lipinski definition) is 1. The fourth-order valence-corrected chi connectivity index (χ4v) is 3.99. The summed E-state index contributed by atoms with van der Waals surface area (Å²) in [5.41, 5.74) is 1.26. The first kappa shape index (κ1) is 20.1. The van der Waals surface area contributed by atoms with Crippen molar-refractivity contribution in [2.75, 3.05) is 46.4 Å². The van der Waals surface area contributed by atoms with E-state index in [0.29, 0.717) is 6.54 Å². The number of ether oxygens (including phenoxy) is 2. The van der Waals surface area contributed by atoms with E-state index >= 15 is 0 Å². The van der Waals surface area contributed by atoms with Crippen LogP contribution in [-0.4, -0.2) is 73.4 Å². The van der Waals surface area contributed by atoms with E-state index in [-0.39, 0.29) is 18.5 Å². The Morgan fingerprint density at radius 2 is 1.93 bits per heavy atom. The Morgan fingerprint density at radius 3 is 2.63 bits per heavy atom. The molecule has 1 atom stereocenters. The van der Waals surface area contributed by atoms with Gasteiger partial charge in [0.25, 0.3) is 0 Å². The Labute approximate surface area is 162 Å². The minimum atomic E-state index is -0.540. The second-order valence-corrected chi connectivity index (χ2v) is 7.69. The minimum Gasteiger partial charge on any atom is -0.491 e. The molecule has 6 heteroatoms. The molecule has 0 spiro atoms. The molecule has 2 heterocycles. The number of methoxy groups -OCH3 is 1. The number of piperidine rings is 1. The number of nitrogens with zero attached hydrogens (tertiary/aromatic N) is 2. The highest BCUT2D eigenvalue weighted by atomic mass is 16.5. The average molecular weight is 376 g/mol. The highest BCUT2D eigenvalue weighted by Gasteiger charge is 2.26. The standard InChI is InChI=1S/C21H32N2O4/c1-26-21(25)18-7-11-23(12-8-18)15-19(24)16-27-20-6-4-5-17(13-20)14-22-9-2-3-10-22/h4-6,13,18-19,24H,2-3,7-12,14-16H2,1H3. The van der Waals surface area contributed by atoms with E-state index in [2.05, 4.69) is 21.9 Å². The molecular formula is C21H32N2O4. The normalized spacial score (nSPS) is 20.5. The molecule has 1 unspecified atom stereocenters. The second kappa shape index (κ2) is 10.1. The molecular weight excluding hydrogens is 344 g/mol. The lowest BCUT2D eigenvalue weighted by molar-refractivity contribution is -0.147. The number of β-amino-alcohol motifs (C(OH)–C–C–N with tert-alkyl or cyclic N) is 1. The molecule has 6 nitrogen and oxygen atoms in total. The lowest BCUT2D eigenvalue weighted by Gasteiger charge is -2.31. The average Bonchev–Trinajstić information content (AvgIpc) is 3.20. The third-order valence-corrected chi connectivity index (χ3v) is 5.54. The van der Waals surface area contributed by atoms with E-state index in [4.69, 9.17) is 9.47 Å². The summed E-state index contributed by atoms with van der Waals surface area (Å²) in [5.74, 6) is 0.695. The predicted molar refractivity (Wildman–Crippen MR) is 104 cm³/mol. The molecule has 0 amide bonds. The number of rotatable bonds is 8. The van der Waals surface area contributed by atoms with E-state index in [9.17, 15) is 9.90 Å². The van der Waals surface area contributed by atoms with Gasteiger partial charge in [0.1, 0.15) is 18.5 Å². The lowest BCUT2D eigenvalue weighted by Crippen LogP contribution is -2.42. The van der Waals surface area contributed by atoms with Crippen LogP contribution in [0.25, 0.3) is 0 Å². The van der Waals surface area contributed by atoms with Gasteiger partial charge in [-0.05, 0) is 69.6 Å². The molecule has 1 aromatic rings. The molecule has 0 aromatic heterocycles. The maximum atomic E-state index is 11.6. The second-order valence-electron chi connectivity index (χ2n) is 7.69. The molecule has 27 heavy (non-hydrogen) atoms. The van der Waals surface area contributed by atoms with Gasteiger partial charge in [-0.3, -0.25) is 9.69 Å². The highest BCUT2D eigenvalue weighted by Crippen LogP contribution is 2.20. The van der Waals surface area contributed by atoms with Crippen LogP contribution in [0.4, 0.5) is 0 Å². The number of likely N-dealkylation sites (tertiary alicyclic amines) is 2. The molecule has 1 aromatic carbocycles. The van der Waals surface area contributed by atoms with Crippen molar-refractivity contribution >= 4 is 5.97 Å². The first-order valence-corrected chi connectivity index (χ1v) is 10.1. The highest BCUT2D eigenvalue weighted by molar-refractivity contribution is 5.72. The van der Waals surface area contributed by atoms with Crippen LogP contribution in [0.1, 0.15) is 31.2 Å². The number of carbonyl (C=O) groups is 1. The van der Waals surface area contributed by atoms with Crippen molar-refractivity contribution in [1.29, 1.82) is 0 Å². The summed E-state index contributed by atoms with van der Waals surface area (Å²) in [5, 5.41) is 10.3. The van der Waals surface area contributed by atoms with Gasteiger partial charge in [-0.15, -0.1) is 0 Å². The van der Waals surface area contributed by atoms with Gasteiger partial charge in [0.15, 0.2) is 0 Å². The van der Waals surface area contributed by atoms with Crippen molar-refractivity contribution < 1.29 is 19.4 Å². The van der Waals surface area contributed by atoms with Crippen LogP contribution in [0.5, 0.6) is 5.75 Å². The first-order chi connectivity index (χ1) is 13.1. The molecule has 2 saturated heterocycles. The monoisotopic (exact) mass is 376 g/mol. The maximum absolute atomic E-state index is 11.6. The Kier molecular flexibility index (Phi) is 7.50. The smallest absolute Gasteiger partial charge is 0.308 e. The van der Waals surface area contributed by atoms with E-state index in [0.717, 1.165) is 38.2 Å². The zero-order valence-corrected chi connectivity index (χ0v) is 16.3. The quantitative estimate of drug-likeness (QED) is 0.700. The van der Waals surface area contributed by atoms with Gasteiger partial charge in [0, 0.05) is 13.1 Å². The number of benzene rings is 1. The summed E-state index contributed by atoms with van der Waals surface area (Å²) >= 11 is 0. The molecule has 2 aliphatic heterocycles. The molecule has 0 bridgehead atoms. The SMILES string of the molecule is COC(=O)C1CCN(CC(O)COc2cccc(CN3CCCC3)c2)CC1. The van der Waals surface area contributed by atoms with Crippen molar-refractivity contribution in [3.63, 3.8) is 0 Å². The van der Waals surface area contributed by atoms with Crippen LogP contribution in [0, 0.1) is 5.92 Å². The van der Waals surface area contributed by atoms with Gasteiger partial charge in [-0.25, -0.2) is 0 Å². The van der Waals surface area contributed by atoms with Crippen molar-refractivity contribution in [3.05, 3.63) is 29.8 Å². The molecule has 2 aliphatic rings. The number of esters is 1. The number of aliphatic hydroxyl groups excluding tert-OH is 1. The van der Waals surface area contributed by atoms with Gasteiger partial charge >= 0.3 is 5.97 Å². The molecule has 1 N–H and O–H groups in total. The van der Waals surface area contributed by atoms with E-state index in [1.54, 1.807) is 0 Å². The first-order valence-electron chi connectivity index (χ1n) is 10.1. The summed E-state index contributed by atoms with van der Waals surface area (Å²) in [7, 11) is 1.44. The van der Waals surface area contributed by atoms with Gasteiger partial charge < -0.3 is 19.5 Å². The molecule has 2 fully saturated rings. The fourth-order valence-electron chi connectivity index (χ4n) is 3.99. The van der Waals surface area contributed by atoms with Crippen molar-refractivity contribution in [2.45, 2.75) is 38.3 Å². The summed E-state index contributed by atoms with van der Waals surface area (Å²) < 4.78 is 10.6. The van der Waals surface area contributed by atoms with Gasteiger partial charge in [0.2, 0.25) is 0 Å². The largest absolute Gasteiger partial charge is 0.491 e. The Balaban J connectivity index is 1.39.